The van der Waals surface area contributed by atoms with Gasteiger partial charge in [-0.3, -0.25) is 9.67 Å². The molecule has 0 aliphatic carbocycles. The maximum absolute atomic E-state index is 6.05. The van der Waals surface area contributed by atoms with Gasteiger partial charge in [-0.25, -0.2) is 0 Å². The minimum atomic E-state index is -0.146. The number of anilines is 1. The van der Waals surface area contributed by atoms with Gasteiger partial charge in [0, 0.05) is 31.3 Å². The van der Waals surface area contributed by atoms with Crippen LogP contribution in [0.15, 0.2) is 30.7 Å². The quantitative estimate of drug-likeness (QED) is 0.790. The average Bonchev–Trinajstić information content (AvgIpc) is 2.68. The fourth-order valence-electron chi connectivity index (χ4n) is 1.58. The van der Waals surface area contributed by atoms with Crippen molar-refractivity contribution in [3.8, 4) is 0 Å². The van der Waals surface area contributed by atoms with Crippen molar-refractivity contribution in [2.75, 3.05) is 5.73 Å². The van der Waals surface area contributed by atoms with Crippen molar-refractivity contribution < 1.29 is 0 Å². The van der Waals surface area contributed by atoms with Crippen LogP contribution in [-0.4, -0.2) is 14.8 Å². The first-order chi connectivity index (χ1) is 7.66. The minimum Gasteiger partial charge on any atom is -0.398 e. The lowest BCUT2D eigenvalue weighted by Crippen LogP contribution is -2.15. The largest absolute Gasteiger partial charge is 0.398 e. The first-order valence-corrected chi connectivity index (χ1v) is 5.10. The van der Waals surface area contributed by atoms with Crippen LogP contribution in [0.4, 0.5) is 5.69 Å². The first-order valence-electron chi connectivity index (χ1n) is 5.10. The highest BCUT2D eigenvalue weighted by Crippen LogP contribution is 2.17. The molecule has 0 aliphatic heterocycles. The molecule has 2 aromatic heterocycles. The van der Waals surface area contributed by atoms with Gasteiger partial charge in [0.2, 0.25) is 0 Å². The predicted molar refractivity (Wildman–Crippen MR) is 62.5 cm³/mol. The van der Waals surface area contributed by atoms with Crippen LogP contribution in [0.1, 0.15) is 17.3 Å². The summed E-state index contributed by atoms with van der Waals surface area (Å²) in [5, 5.41) is 4.27. The molecule has 0 fully saturated rings. The Kier molecular flexibility index (Phi) is 2.87. The molecule has 0 spiro atoms. The molecule has 0 saturated heterocycles. The Morgan fingerprint density at radius 1 is 1.44 bits per heavy atom. The van der Waals surface area contributed by atoms with E-state index in [4.69, 9.17) is 11.5 Å². The molecule has 1 atom stereocenters. The molecule has 0 amide bonds. The maximum atomic E-state index is 6.05. The Balaban J connectivity index is 2.13. The third kappa shape index (κ3) is 2.20. The van der Waals surface area contributed by atoms with Crippen molar-refractivity contribution >= 4 is 5.69 Å². The number of pyridine rings is 1. The van der Waals surface area contributed by atoms with E-state index in [-0.39, 0.29) is 6.04 Å². The molecule has 0 bridgehead atoms. The van der Waals surface area contributed by atoms with Crippen molar-refractivity contribution in [1.82, 2.24) is 14.8 Å². The smallest absolute Gasteiger partial charge is 0.0795 e. The fourth-order valence-corrected chi connectivity index (χ4v) is 1.58. The van der Waals surface area contributed by atoms with Crippen molar-refractivity contribution in [1.29, 1.82) is 0 Å². The van der Waals surface area contributed by atoms with E-state index < -0.39 is 0 Å². The third-order valence-electron chi connectivity index (χ3n) is 2.50. The summed E-state index contributed by atoms with van der Waals surface area (Å²) < 4.78 is 1.74. The summed E-state index contributed by atoms with van der Waals surface area (Å²) >= 11 is 0. The van der Waals surface area contributed by atoms with Crippen LogP contribution in [0.2, 0.25) is 0 Å². The Morgan fingerprint density at radius 2 is 2.25 bits per heavy atom. The standard InChI is InChI=1S/C11H15N5/c1-16-5-3-11(15-16)10(13)6-8-7-14-4-2-9(8)12/h2-5,7,10H,6,13H2,1H3,(H2,12,14). The van der Waals surface area contributed by atoms with E-state index in [1.165, 1.54) is 0 Å². The number of nitrogens with zero attached hydrogens (tertiary/aromatic N) is 3. The van der Waals surface area contributed by atoms with E-state index in [0.717, 1.165) is 16.9 Å². The van der Waals surface area contributed by atoms with Crippen LogP contribution in [0, 0.1) is 0 Å². The second-order valence-corrected chi connectivity index (χ2v) is 3.80. The maximum Gasteiger partial charge on any atom is 0.0795 e. The number of aromatic nitrogens is 3. The molecule has 5 heteroatoms. The van der Waals surface area contributed by atoms with Crippen molar-refractivity contribution in [2.24, 2.45) is 12.8 Å². The topological polar surface area (TPSA) is 82.8 Å². The molecular formula is C11H15N5. The Bertz CT molecular complexity index is 477. The van der Waals surface area contributed by atoms with Gasteiger partial charge in [-0.05, 0) is 24.1 Å². The molecule has 0 aliphatic rings. The normalized spacial score (nSPS) is 12.6. The van der Waals surface area contributed by atoms with Gasteiger partial charge in [-0.15, -0.1) is 0 Å². The van der Waals surface area contributed by atoms with Crippen LogP contribution < -0.4 is 11.5 Å². The summed E-state index contributed by atoms with van der Waals surface area (Å²) in [6, 6.07) is 3.55. The minimum absolute atomic E-state index is 0.146. The zero-order valence-electron chi connectivity index (χ0n) is 9.17. The van der Waals surface area contributed by atoms with E-state index in [1.807, 2.05) is 19.3 Å². The van der Waals surface area contributed by atoms with Crippen molar-refractivity contribution in [2.45, 2.75) is 12.5 Å². The van der Waals surface area contributed by atoms with Crippen LogP contribution in [0.3, 0.4) is 0 Å². The van der Waals surface area contributed by atoms with Gasteiger partial charge in [-0.1, -0.05) is 0 Å². The van der Waals surface area contributed by atoms with Crippen LogP contribution >= 0.6 is 0 Å². The van der Waals surface area contributed by atoms with Gasteiger partial charge in [-0.2, -0.15) is 5.10 Å². The summed E-state index contributed by atoms with van der Waals surface area (Å²) in [5.41, 5.74) is 14.4. The van der Waals surface area contributed by atoms with Gasteiger partial charge in [0.05, 0.1) is 11.7 Å². The summed E-state index contributed by atoms with van der Waals surface area (Å²) in [5.74, 6) is 0. The lowest BCUT2D eigenvalue weighted by molar-refractivity contribution is 0.657. The lowest BCUT2D eigenvalue weighted by Gasteiger charge is -2.10. The number of nitrogen functional groups attached to an aromatic ring is 1. The Hall–Kier alpha value is -1.88. The number of hydrogen-bond acceptors (Lipinski definition) is 4. The van der Waals surface area contributed by atoms with E-state index in [2.05, 4.69) is 10.1 Å². The van der Waals surface area contributed by atoms with E-state index in [1.54, 1.807) is 23.1 Å². The number of hydrogen-bond donors (Lipinski definition) is 2. The van der Waals surface area contributed by atoms with Crippen molar-refractivity contribution in [3.63, 3.8) is 0 Å². The molecule has 2 heterocycles. The Morgan fingerprint density at radius 3 is 2.88 bits per heavy atom. The van der Waals surface area contributed by atoms with E-state index in [9.17, 15) is 0 Å². The zero-order valence-corrected chi connectivity index (χ0v) is 9.17. The summed E-state index contributed by atoms with van der Waals surface area (Å²) in [6.07, 6.45) is 5.95. The van der Waals surface area contributed by atoms with Gasteiger partial charge in [0.1, 0.15) is 0 Å². The van der Waals surface area contributed by atoms with E-state index in [0.29, 0.717) is 6.42 Å². The number of nitrogens with two attached hydrogens (primary N) is 2. The van der Waals surface area contributed by atoms with Crippen LogP contribution in [-0.2, 0) is 13.5 Å². The molecule has 5 nitrogen and oxygen atoms in total. The molecule has 2 rings (SSSR count). The van der Waals surface area contributed by atoms with Gasteiger partial charge < -0.3 is 11.5 Å². The fraction of sp³-hybridized carbons (Fsp3) is 0.273. The molecule has 0 radical (unpaired) electrons. The molecule has 0 saturated carbocycles. The summed E-state index contributed by atoms with van der Waals surface area (Å²) in [7, 11) is 1.87. The third-order valence-corrected chi connectivity index (χ3v) is 2.50. The monoisotopic (exact) mass is 217 g/mol. The summed E-state index contributed by atoms with van der Waals surface area (Å²) in [4.78, 5) is 4.04. The Labute approximate surface area is 94.1 Å². The highest BCUT2D eigenvalue weighted by Gasteiger charge is 2.11. The van der Waals surface area contributed by atoms with Crippen LogP contribution in [0.5, 0.6) is 0 Å². The highest BCUT2D eigenvalue weighted by atomic mass is 15.3. The second-order valence-electron chi connectivity index (χ2n) is 3.80. The molecule has 0 aromatic carbocycles. The highest BCUT2D eigenvalue weighted by molar-refractivity contribution is 5.44. The molecule has 2 aromatic rings. The lowest BCUT2D eigenvalue weighted by atomic mass is 10.0. The molecular weight excluding hydrogens is 202 g/mol. The first kappa shape index (κ1) is 10.6. The van der Waals surface area contributed by atoms with Gasteiger partial charge in [0.15, 0.2) is 0 Å². The van der Waals surface area contributed by atoms with Gasteiger partial charge in [0.25, 0.3) is 0 Å². The van der Waals surface area contributed by atoms with Crippen molar-refractivity contribution in [3.05, 3.63) is 42.0 Å². The number of rotatable bonds is 3. The predicted octanol–water partition coefficient (Wildman–Crippen LogP) is 0.640. The SMILES string of the molecule is Cn1ccc(C(N)Cc2cnccc2N)n1. The second kappa shape index (κ2) is 4.32. The zero-order chi connectivity index (χ0) is 11.5. The average molecular weight is 217 g/mol. The summed E-state index contributed by atoms with van der Waals surface area (Å²) in [6.45, 7) is 0. The molecule has 1 unspecified atom stereocenters. The van der Waals surface area contributed by atoms with Crippen LogP contribution in [0.25, 0.3) is 0 Å². The molecule has 84 valence electrons. The number of aryl methyl sites for hydroxylation is 1. The molecule has 16 heavy (non-hydrogen) atoms. The molecule has 4 N–H and O–H groups in total. The van der Waals surface area contributed by atoms with Gasteiger partial charge >= 0.3 is 0 Å². The van der Waals surface area contributed by atoms with E-state index >= 15 is 0 Å².